The first-order chi connectivity index (χ1) is 10.1. The molecule has 0 spiro atoms. The third kappa shape index (κ3) is 3.86. The summed E-state index contributed by atoms with van der Waals surface area (Å²) in [7, 11) is 3.14. The van der Waals surface area contributed by atoms with Crippen molar-refractivity contribution in [2.45, 2.75) is 6.54 Å². The molecule has 1 aromatic heterocycles. The van der Waals surface area contributed by atoms with Crippen LogP contribution in [0.4, 0.5) is 0 Å². The molecule has 1 heterocycles. The van der Waals surface area contributed by atoms with Gasteiger partial charge in [-0.3, -0.25) is 9.78 Å². The standard InChI is InChI=1S/C15H15ClN2O3/c1-20-13-4-3-10(7-14(13)21-2)9-18-15(19)12-8-11(16)5-6-17-12/h3-8H,9H2,1-2H3,(H,18,19). The number of pyridine rings is 1. The molecular formula is C15H15ClN2O3. The summed E-state index contributed by atoms with van der Waals surface area (Å²) in [6.07, 6.45) is 1.49. The fraction of sp³-hybridized carbons (Fsp3) is 0.200. The third-order valence-corrected chi connectivity index (χ3v) is 3.09. The molecule has 0 radical (unpaired) electrons. The monoisotopic (exact) mass is 306 g/mol. The maximum absolute atomic E-state index is 12.0. The summed E-state index contributed by atoms with van der Waals surface area (Å²) in [6.45, 7) is 0.355. The van der Waals surface area contributed by atoms with E-state index >= 15 is 0 Å². The SMILES string of the molecule is COc1ccc(CNC(=O)c2cc(Cl)ccn2)cc1OC. The molecule has 0 atom stereocenters. The van der Waals surface area contributed by atoms with E-state index in [-0.39, 0.29) is 11.6 Å². The first kappa shape index (κ1) is 15.1. The first-order valence-electron chi connectivity index (χ1n) is 6.24. The quantitative estimate of drug-likeness (QED) is 0.922. The van der Waals surface area contributed by atoms with E-state index in [4.69, 9.17) is 21.1 Å². The molecule has 1 aromatic carbocycles. The summed E-state index contributed by atoms with van der Waals surface area (Å²) in [4.78, 5) is 15.9. The molecule has 1 N–H and O–H groups in total. The van der Waals surface area contributed by atoms with Crippen molar-refractivity contribution in [2.24, 2.45) is 0 Å². The van der Waals surface area contributed by atoms with Crippen LogP contribution in [0.15, 0.2) is 36.5 Å². The predicted octanol–water partition coefficient (Wildman–Crippen LogP) is 2.68. The second-order valence-electron chi connectivity index (χ2n) is 4.23. The zero-order valence-corrected chi connectivity index (χ0v) is 12.5. The minimum atomic E-state index is -0.285. The first-order valence-corrected chi connectivity index (χ1v) is 6.62. The lowest BCUT2D eigenvalue weighted by atomic mass is 10.2. The Bertz CT molecular complexity index is 647. The predicted molar refractivity (Wildman–Crippen MR) is 80.0 cm³/mol. The van der Waals surface area contributed by atoms with Gasteiger partial charge in [0.1, 0.15) is 5.69 Å². The molecular weight excluding hydrogens is 292 g/mol. The minimum absolute atomic E-state index is 0.281. The number of aromatic nitrogens is 1. The van der Waals surface area contributed by atoms with Gasteiger partial charge in [0.2, 0.25) is 0 Å². The van der Waals surface area contributed by atoms with Crippen molar-refractivity contribution in [2.75, 3.05) is 14.2 Å². The van der Waals surface area contributed by atoms with Crippen LogP contribution in [0.3, 0.4) is 0 Å². The summed E-state index contributed by atoms with van der Waals surface area (Å²) in [6, 6.07) is 8.59. The summed E-state index contributed by atoms with van der Waals surface area (Å²) in [5.41, 5.74) is 1.17. The van der Waals surface area contributed by atoms with Crippen LogP contribution in [0.2, 0.25) is 5.02 Å². The molecule has 0 aliphatic rings. The van der Waals surface area contributed by atoms with E-state index in [1.54, 1.807) is 26.4 Å². The van der Waals surface area contributed by atoms with Crippen molar-refractivity contribution in [3.8, 4) is 11.5 Å². The number of nitrogens with zero attached hydrogens (tertiary/aromatic N) is 1. The summed E-state index contributed by atoms with van der Waals surface area (Å²) >= 11 is 5.83. The molecule has 0 saturated heterocycles. The molecule has 0 aliphatic carbocycles. The summed E-state index contributed by atoms with van der Waals surface area (Å²) < 4.78 is 10.4. The molecule has 21 heavy (non-hydrogen) atoms. The molecule has 0 unspecified atom stereocenters. The molecule has 2 rings (SSSR count). The van der Waals surface area contributed by atoms with Crippen molar-refractivity contribution >= 4 is 17.5 Å². The summed E-state index contributed by atoms with van der Waals surface area (Å²) in [5, 5.41) is 3.25. The zero-order valence-electron chi connectivity index (χ0n) is 11.7. The number of carbonyl (C=O) groups excluding carboxylic acids is 1. The lowest BCUT2D eigenvalue weighted by Crippen LogP contribution is -2.23. The highest BCUT2D eigenvalue weighted by Crippen LogP contribution is 2.27. The number of ether oxygens (including phenoxy) is 2. The molecule has 0 saturated carbocycles. The van der Waals surface area contributed by atoms with Crippen LogP contribution in [0, 0.1) is 0 Å². The largest absolute Gasteiger partial charge is 0.493 e. The molecule has 5 nitrogen and oxygen atoms in total. The van der Waals surface area contributed by atoms with E-state index in [1.165, 1.54) is 12.3 Å². The summed E-state index contributed by atoms with van der Waals surface area (Å²) in [5.74, 6) is 0.974. The number of hydrogen-bond acceptors (Lipinski definition) is 4. The molecule has 0 aliphatic heterocycles. The van der Waals surface area contributed by atoms with Crippen LogP contribution in [-0.2, 0) is 6.54 Å². The Morgan fingerprint density at radius 3 is 2.62 bits per heavy atom. The van der Waals surface area contributed by atoms with Crippen LogP contribution in [0.1, 0.15) is 16.1 Å². The molecule has 0 bridgehead atoms. The Morgan fingerprint density at radius 1 is 1.19 bits per heavy atom. The fourth-order valence-corrected chi connectivity index (χ4v) is 1.95. The van der Waals surface area contributed by atoms with E-state index < -0.39 is 0 Å². The maximum Gasteiger partial charge on any atom is 0.270 e. The van der Waals surface area contributed by atoms with Gasteiger partial charge in [0.15, 0.2) is 11.5 Å². The van der Waals surface area contributed by atoms with Gasteiger partial charge in [0.25, 0.3) is 5.91 Å². The Balaban J connectivity index is 2.04. The highest BCUT2D eigenvalue weighted by molar-refractivity contribution is 6.30. The van der Waals surface area contributed by atoms with Gasteiger partial charge in [-0.1, -0.05) is 17.7 Å². The number of benzene rings is 1. The molecule has 110 valence electrons. The van der Waals surface area contributed by atoms with Gasteiger partial charge in [-0.25, -0.2) is 0 Å². The zero-order chi connectivity index (χ0) is 15.2. The van der Waals surface area contributed by atoms with Crippen molar-refractivity contribution < 1.29 is 14.3 Å². The number of halogens is 1. The number of methoxy groups -OCH3 is 2. The number of nitrogens with one attached hydrogen (secondary N) is 1. The molecule has 1 amide bonds. The van der Waals surface area contributed by atoms with E-state index in [0.29, 0.717) is 23.1 Å². The third-order valence-electron chi connectivity index (χ3n) is 2.86. The Hall–Kier alpha value is -2.27. The van der Waals surface area contributed by atoms with Crippen LogP contribution >= 0.6 is 11.6 Å². The smallest absolute Gasteiger partial charge is 0.270 e. The highest BCUT2D eigenvalue weighted by atomic mass is 35.5. The Morgan fingerprint density at radius 2 is 1.95 bits per heavy atom. The molecule has 2 aromatic rings. The molecule has 0 fully saturated rings. The van der Waals surface area contributed by atoms with Crippen molar-refractivity contribution in [3.63, 3.8) is 0 Å². The molecule has 6 heteroatoms. The van der Waals surface area contributed by atoms with Gasteiger partial charge < -0.3 is 14.8 Å². The van der Waals surface area contributed by atoms with Crippen molar-refractivity contribution in [1.29, 1.82) is 0 Å². The maximum atomic E-state index is 12.0. The van der Waals surface area contributed by atoms with Crippen molar-refractivity contribution in [3.05, 3.63) is 52.8 Å². The van der Waals surface area contributed by atoms with Gasteiger partial charge in [0, 0.05) is 17.8 Å². The highest BCUT2D eigenvalue weighted by Gasteiger charge is 2.09. The minimum Gasteiger partial charge on any atom is -0.493 e. The van der Waals surface area contributed by atoms with Crippen LogP contribution in [0.25, 0.3) is 0 Å². The number of carbonyl (C=O) groups is 1. The van der Waals surface area contributed by atoms with Gasteiger partial charge >= 0.3 is 0 Å². The van der Waals surface area contributed by atoms with Gasteiger partial charge in [0.05, 0.1) is 14.2 Å². The lowest BCUT2D eigenvalue weighted by molar-refractivity contribution is 0.0946. The second-order valence-corrected chi connectivity index (χ2v) is 4.67. The van der Waals surface area contributed by atoms with Crippen LogP contribution < -0.4 is 14.8 Å². The number of rotatable bonds is 5. The average molecular weight is 307 g/mol. The van der Waals surface area contributed by atoms with Crippen molar-refractivity contribution in [1.82, 2.24) is 10.3 Å². The van der Waals surface area contributed by atoms with Gasteiger partial charge in [-0.2, -0.15) is 0 Å². The average Bonchev–Trinajstić information content (AvgIpc) is 2.52. The second kappa shape index (κ2) is 6.95. The fourth-order valence-electron chi connectivity index (χ4n) is 1.79. The van der Waals surface area contributed by atoms with E-state index in [1.807, 2.05) is 12.1 Å². The van der Waals surface area contributed by atoms with E-state index in [0.717, 1.165) is 5.56 Å². The number of amides is 1. The lowest BCUT2D eigenvalue weighted by Gasteiger charge is -2.10. The normalized spacial score (nSPS) is 10.0. The Kier molecular flexibility index (Phi) is 5.00. The van der Waals surface area contributed by atoms with Gasteiger partial charge in [-0.05, 0) is 29.8 Å². The van der Waals surface area contributed by atoms with Crippen LogP contribution in [-0.4, -0.2) is 25.1 Å². The number of hydrogen-bond donors (Lipinski definition) is 1. The topological polar surface area (TPSA) is 60.5 Å². The van der Waals surface area contributed by atoms with Crippen LogP contribution in [0.5, 0.6) is 11.5 Å². The Labute approximate surface area is 127 Å². The van der Waals surface area contributed by atoms with E-state index in [2.05, 4.69) is 10.3 Å². The van der Waals surface area contributed by atoms with E-state index in [9.17, 15) is 4.79 Å². The van der Waals surface area contributed by atoms with Gasteiger partial charge in [-0.15, -0.1) is 0 Å².